The van der Waals surface area contributed by atoms with Gasteiger partial charge in [-0.15, -0.1) is 0 Å². The Morgan fingerprint density at radius 2 is 1.86 bits per heavy atom. The van der Waals surface area contributed by atoms with Crippen molar-refractivity contribution in [3.63, 3.8) is 0 Å². The molecule has 0 saturated heterocycles. The number of para-hydroxylation sites is 1. The molecule has 0 bridgehead atoms. The molecule has 21 heavy (non-hydrogen) atoms. The molecular weight excluding hydrogens is 270 g/mol. The minimum Gasteiger partial charge on any atom is -0.456 e. The van der Waals surface area contributed by atoms with E-state index in [1.54, 1.807) is 42.5 Å². The minimum absolute atomic E-state index is 0.0255. The first-order valence-corrected chi connectivity index (χ1v) is 6.34. The first-order chi connectivity index (χ1) is 10.1. The molecule has 3 rings (SSSR count). The molecule has 2 aromatic carbocycles. The first-order valence-electron chi connectivity index (χ1n) is 6.34. The standard InChI is InChI=1S/C16H11NO4/c1-10(17(19)20)8-11-6-7-13-15(9-11)21-14-5-3-2-4-12(14)16(13)18/h2-9H,1H3/b10-8+. The number of hydrogen-bond donors (Lipinski definition) is 0. The first kappa shape index (κ1) is 13.1. The molecule has 0 unspecified atom stereocenters. The molecule has 5 heteroatoms. The van der Waals surface area contributed by atoms with Gasteiger partial charge in [0.1, 0.15) is 11.2 Å². The summed E-state index contributed by atoms with van der Waals surface area (Å²) in [6, 6.07) is 11.9. The van der Waals surface area contributed by atoms with E-state index in [9.17, 15) is 14.9 Å². The summed E-state index contributed by atoms with van der Waals surface area (Å²) in [5, 5.41) is 11.6. The predicted molar refractivity (Wildman–Crippen MR) is 80.6 cm³/mol. The van der Waals surface area contributed by atoms with Gasteiger partial charge in [0.25, 0.3) is 0 Å². The maximum atomic E-state index is 12.3. The zero-order chi connectivity index (χ0) is 15.0. The number of rotatable bonds is 2. The summed E-state index contributed by atoms with van der Waals surface area (Å²) in [7, 11) is 0. The van der Waals surface area contributed by atoms with Crippen LogP contribution in [0.4, 0.5) is 0 Å². The molecule has 3 aromatic rings. The van der Waals surface area contributed by atoms with Crippen LogP contribution in [0.3, 0.4) is 0 Å². The Hall–Kier alpha value is -2.95. The lowest BCUT2D eigenvalue weighted by Crippen LogP contribution is -2.01. The maximum absolute atomic E-state index is 12.3. The molecule has 0 N–H and O–H groups in total. The molecule has 1 aromatic heterocycles. The Labute approximate surface area is 119 Å². The summed E-state index contributed by atoms with van der Waals surface area (Å²) in [6.45, 7) is 1.42. The third-order valence-electron chi connectivity index (χ3n) is 3.27. The Morgan fingerprint density at radius 1 is 1.14 bits per heavy atom. The van der Waals surface area contributed by atoms with E-state index in [4.69, 9.17) is 4.42 Å². The Balaban J connectivity index is 2.27. The van der Waals surface area contributed by atoms with Crippen molar-refractivity contribution < 1.29 is 9.34 Å². The number of allylic oxidation sites excluding steroid dienone is 1. The van der Waals surface area contributed by atoms with E-state index in [-0.39, 0.29) is 11.1 Å². The Bertz CT molecular complexity index is 953. The van der Waals surface area contributed by atoms with Crippen molar-refractivity contribution in [1.82, 2.24) is 0 Å². The van der Waals surface area contributed by atoms with Gasteiger partial charge in [0.05, 0.1) is 15.7 Å². The SMILES string of the molecule is C/C(=C\c1ccc2c(=O)c3ccccc3oc2c1)[N+](=O)[O-]. The Kier molecular flexibility index (Phi) is 3.02. The number of benzene rings is 2. The van der Waals surface area contributed by atoms with E-state index in [0.29, 0.717) is 27.5 Å². The van der Waals surface area contributed by atoms with Gasteiger partial charge in [-0.3, -0.25) is 14.9 Å². The normalized spacial score (nSPS) is 12.0. The van der Waals surface area contributed by atoms with Gasteiger partial charge < -0.3 is 4.42 Å². The zero-order valence-corrected chi connectivity index (χ0v) is 11.2. The lowest BCUT2D eigenvalue weighted by Gasteiger charge is -2.02. The van der Waals surface area contributed by atoms with Crippen molar-refractivity contribution in [3.05, 3.63) is 74.1 Å². The van der Waals surface area contributed by atoms with Gasteiger partial charge in [-0.25, -0.2) is 0 Å². The molecule has 5 nitrogen and oxygen atoms in total. The average molecular weight is 281 g/mol. The Morgan fingerprint density at radius 3 is 2.62 bits per heavy atom. The van der Waals surface area contributed by atoms with Crippen LogP contribution in [0.5, 0.6) is 0 Å². The summed E-state index contributed by atoms with van der Waals surface area (Å²) in [5.41, 5.74) is 1.46. The molecule has 0 spiro atoms. The van der Waals surface area contributed by atoms with Crippen LogP contribution < -0.4 is 5.43 Å². The topological polar surface area (TPSA) is 73.3 Å². The fourth-order valence-corrected chi connectivity index (χ4v) is 2.20. The minimum atomic E-state index is -0.458. The van der Waals surface area contributed by atoms with Gasteiger partial charge in [0.2, 0.25) is 11.1 Å². The molecule has 0 radical (unpaired) electrons. The summed E-state index contributed by atoms with van der Waals surface area (Å²) >= 11 is 0. The van der Waals surface area contributed by atoms with Gasteiger partial charge in [0, 0.05) is 13.0 Å². The van der Waals surface area contributed by atoms with Gasteiger partial charge in [0.15, 0.2) is 0 Å². The van der Waals surface area contributed by atoms with Crippen molar-refractivity contribution in [2.45, 2.75) is 6.92 Å². The predicted octanol–water partition coefficient (Wildman–Crippen LogP) is 3.58. The molecule has 104 valence electrons. The van der Waals surface area contributed by atoms with E-state index in [1.807, 2.05) is 0 Å². The average Bonchev–Trinajstić information content (AvgIpc) is 2.47. The second kappa shape index (κ2) is 4.86. The summed E-state index contributed by atoms with van der Waals surface area (Å²) < 4.78 is 5.71. The van der Waals surface area contributed by atoms with Crippen molar-refractivity contribution in [2.24, 2.45) is 0 Å². The molecule has 0 aliphatic carbocycles. The highest BCUT2D eigenvalue weighted by Crippen LogP contribution is 2.20. The largest absolute Gasteiger partial charge is 0.456 e. The van der Waals surface area contributed by atoms with Gasteiger partial charge in [-0.1, -0.05) is 18.2 Å². The highest BCUT2D eigenvalue weighted by Gasteiger charge is 2.08. The number of hydrogen-bond acceptors (Lipinski definition) is 4. The van der Waals surface area contributed by atoms with E-state index >= 15 is 0 Å². The summed E-state index contributed by atoms with van der Waals surface area (Å²) in [4.78, 5) is 22.5. The molecule has 0 fully saturated rings. The van der Waals surface area contributed by atoms with Crippen LogP contribution in [0.2, 0.25) is 0 Å². The third-order valence-corrected chi connectivity index (χ3v) is 3.27. The highest BCUT2D eigenvalue weighted by molar-refractivity contribution is 5.90. The van der Waals surface area contributed by atoms with Crippen molar-refractivity contribution in [1.29, 1.82) is 0 Å². The van der Waals surface area contributed by atoms with Crippen LogP contribution in [-0.2, 0) is 0 Å². The quantitative estimate of drug-likeness (QED) is 0.409. The van der Waals surface area contributed by atoms with Gasteiger partial charge >= 0.3 is 0 Å². The molecule has 0 aliphatic rings. The second-order valence-corrected chi connectivity index (χ2v) is 4.73. The van der Waals surface area contributed by atoms with Crippen LogP contribution in [0.15, 0.2) is 57.4 Å². The number of nitrogens with zero attached hydrogens (tertiary/aromatic N) is 1. The fourth-order valence-electron chi connectivity index (χ4n) is 2.20. The number of nitro groups is 1. The highest BCUT2D eigenvalue weighted by atomic mass is 16.6. The van der Waals surface area contributed by atoms with Crippen LogP contribution in [0, 0.1) is 10.1 Å². The zero-order valence-electron chi connectivity index (χ0n) is 11.2. The summed E-state index contributed by atoms with van der Waals surface area (Å²) in [5.74, 6) is 0. The van der Waals surface area contributed by atoms with Crippen molar-refractivity contribution in [2.75, 3.05) is 0 Å². The molecule has 1 heterocycles. The summed E-state index contributed by atoms with van der Waals surface area (Å²) in [6.07, 6.45) is 1.44. The lowest BCUT2D eigenvalue weighted by atomic mass is 10.1. The molecule has 0 aliphatic heterocycles. The molecule has 0 saturated carbocycles. The molecular formula is C16H11NO4. The van der Waals surface area contributed by atoms with E-state index in [2.05, 4.69) is 0 Å². The van der Waals surface area contributed by atoms with Crippen LogP contribution in [0.25, 0.3) is 28.0 Å². The monoisotopic (exact) mass is 281 g/mol. The van der Waals surface area contributed by atoms with Crippen LogP contribution in [-0.4, -0.2) is 4.92 Å². The third kappa shape index (κ3) is 2.29. The molecule has 0 atom stereocenters. The van der Waals surface area contributed by atoms with Gasteiger partial charge in [-0.2, -0.15) is 0 Å². The number of fused-ring (bicyclic) bond motifs is 2. The lowest BCUT2D eigenvalue weighted by molar-refractivity contribution is -0.422. The van der Waals surface area contributed by atoms with Crippen molar-refractivity contribution in [3.8, 4) is 0 Å². The maximum Gasteiger partial charge on any atom is 0.243 e. The van der Waals surface area contributed by atoms with E-state index in [1.165, 1.54) is 13.0 Å². The van der Waals surface area contributed by atoms with Crippen LogP contribution >= 0.6 is 0 Å². The van der Waals surface area contributed by atoms with Crippen LogP contribution in [0.1, 0.15) is 12.5 Å². The second-order valence-electron chi connectivity index (χ2n) is 4.73. The van der Waals surface area contributed by atoms with Gasteiger partial charge in [-0.05, 0) is 29.8 Å². The van der Waals surface area contributed by atoms with E-state index < -0.39 is 4.92 Å². The fraction of sp³-hybridized carbons (Fsp3) is 0.0625. The van der Waals surface area contributed by atoms with E-state index in [0.717, 1.165) is 0 Å². The molecule has 0 amide bonds. The van der Waals surface area contributed by atoms with Crippen molar-refractivity contribution >= 4 is 28.0 Å². The smallest absolute Gasteiger partial charge is 0.243 e.